The fourth-order valence-electron chi connectivity index (χ4n) is 4.51. The molecule has 0 aliphatic carbocycles. The number of urea groups is 1. The Morgan fingerprint density at radius 1 is 0.931 bits per heavy atom. The monoisotopic (exact) mass is 394 g/mol. The van der Waals surface area contributed by atoms with E-state index < -0.39 is 0 Å². The molecule has 4 heterocycles. The summed E-state index contributed by atoms with van der Waals surface area (Å²) in [5, 5.41) is 0. The molecule has 8 nitrogen and oxygen atoms in total. The number of anilines is 2. The highest BCUT2D eigenvalue weighted by atomic mass is 16.5. The molecule has 0 spiro atoms. The van der Waals surface area contributed by atoms with Crippen molar-refractivity contribution in [2.24, 2.45) is 0 Å². The van der Waals surface area contributed by atoms with Crippen molar-refractivity contribution in [1.82, 2.24) is 19.8 Å². The van der Waals surface area contributed by atoms with Gasteiger partial charge in [0.25, 0.3) is 0 Å². The largest absolute Gasteiger partial charge is 0.378 e. The average molecular weight is 394 g/mol. The summed E-state index contributed by atoms with van der Waals surface area (Å²) in [5.41, 5.74) is 2.45. The SMILES string of the molecule is O=C(N1CCOCC1)N1Cc2ccccc2N2CCN(c3ncccn3)CC2C1. The first-order valence-corrected chi connectivity index (χ1v) is 10.3. The summed E-state index contributed by atoms with van der Waals surface area (Å²) >= 11 is 0. The molecule has 0 N–H and O–H groups in total. The molecule has 1 atom stereocenters. The van der Waals surface area contributed by atoms with Crippen LogP contribution in [0.1, 0.15) is 5.56 Å². The minimum atomic E-state index is 0.109. The molecule has 1 unspecified atom stereocenters. The molecule has 0 bridgehead atoms. The number of piperazine rings is 1. The number of aromatic nitrogens is 2. The van der Waals surface area contributed by atoms with Crippen LogP contribution in [-0.2, 0) is 11.3 Å². The molecule has 1 aromatic heterocycles. The molecule has 152 valence electrons. The number of rotatable bonds is 1. The topological polar surface area (TPSA) is 65.0 Å². The molecule has 3 aliphatic heterocycles. The first-order chi connectivity index (χ1) is 14.3. The zero-order valence-electron chi connectivity index (χ0n) is 16.5. The molecule has 8 heteroatoms. The fourth-order valence-corrected chi connectivity index (χ4v) is 4.51. The van der Waals surface area contributed by atoms with Gasteiger partial charge in [-0.25, -0.2) is 14.8 Å². The van der Waals surface area contributed by atoms with Gasteiger partial charge in [-0.05, 0) is 17.7 Å². The number of hydrogen-bond acceptors (Lipinski definition) is 6. The minimum absolute atomic E-state index is 0.109. The Kier molecular flexibility index (Phi) is 4.93. The number of carbonyl (C=O) groups excluding carboxylic acids is 1. The highest BCUT2D eigenvalue weighted by Gasteiger charge is 2.36. The van der Waals surface area contributed by atoms with E-state index in [4.69, 9.17) is 4.74 Å². The lowest BCUT2D eigenvalue weighted by Gasteiger charge is -2.43. The standard InChI is InChI=1S/C21H26N6O2/c28-21(24-10-12-29-13-11-24)26-14-17-4-1-2-5-19(17)27-9-8-25(15-18(27)16-26)20-22-6-3-7-23-20/h1-7,18H,8-16H2. The maximum Gasteiger partial charge on any atom is 0.320 e. The van der Waals surface area contributed by atoms with Crippen molar-refractivity contribution in [3.63, 3.8) is 0 Å². The van der Waals surface area contributed by atoms with Crippen LogP contribution in [0.25, 0.3) is 0 Å². The normalized spacial score (nSPS) is 22.0. The maximum atomic E-state index is 13.3. The van der Waals surface area contributed by atoms with Gasteiger partial charge in [-0.3, -0.25) is 0 Å². The van der Waals surface area contributed by atoms with E-state index in [2.05, 4.69) is 44.0 Å². The van der Waals surface area contributed by atoms with Crippen LogP contribution in [-0.4, -0.2) is 84.3 Å². The van der Waals surface area contributed by atoms with E-state index in [1.165, 1.54) is 11.3 Å². The van der Waals surface area contributed by atoms with Crippen molar-refractivity contribution in [2.75, 3.05) is 62.3 Å². The Morgan fingerprint density at radius 2 is 1.72 bits per heavy atom. The summed E-state index contributed by atoms with van der Waals surface area (Å²) in [6.45, 7) is 6.44. The predicted molar refractivity (Wildman–Crippen MR) is 110 cm³/mol. The number of carbonyl (C=O) groups is 1. The molecule has 29 heavy (non-hydrogen) atoms. The van der Waals surface area contributed by atoms with E-state index in [1.807, 2.05) is 15.9 Å². The summed E-state index contributed by atoms with van der Waals surface area (Å²) in [6.07, 6.45) is 3.57. The Bertz CT molecular complexity index is 857. The molecule has 3 aliphatic rings. The second-order valence-electron chi connectivity index (χ2n) is 7.73. The molecule has 2 amide bonds. The predicted octanol–water partition coefficient (Wildman–Crippen LogP) is 1.44. The van der Waals surface area contributed by atoms with Gasteiger partial charge in [-0.2, -0.15) is 0 Å². The highest BCUT2D eigenvalue weighted by Crippen LogP contribution is 2.31. The Balaban J connectivity index is 1.42. The summed E-state index contributed by atoms with van der Waals surface area (Å²) in [4.78, 5) is 30.8. The van der Waals surface area contributed by atoms with Gasteiger partial charge in [0.1, 0.15) is 0 Å². The molecule has 0 saturated carbocycles. The molecule has 2 fully saturated rings. The zero-order valence-corrected chi connectivity index (χ0v) is 16.5. The molecule has 0 radical (unpaired) electrons. The van der Waals surface area contributed by atoms with Gasteiger partial charge in [0, 0.05) is 63.9 Å². The van der Waals surface area contributed by atoms with Crippen molar-refractivity contribution in [3.05, 3.63) is 48.3 Å². The zero-order chi connectivity index (χ0) is 19.6. The van der Waals surface area contributed by atoms with Crippen LogP contribution >= 0.6 is 0 Å². The third kappa shape index (κ3) is 3.60. The van der Waals surface area contributed by atoms with Gasteiger partial charge >= 0.3 is 6.03 Å². The number of para-hydroxylation sites is 1. The van der Waals surface area contributed by atoms with Crippen molar-refractivity contribution in [3.8, 4) is 0 Å². The van der Waals surface area contributed by atoms with Crippen LogP contribution in [0.3, 0.4) is 0 Å². The summed E-state index contributed by atoms with van der Waals surface area (Å²) in [7, 11) is 0. The Morgan fingerprint density at radius 3 is 2.55 bits per heavy atom. The van der Waals surface area contributed by atoms with Crippen molar-refractivity contribution >= 4 is 17.7 Å². The second-order valence-corrected chi connectivity index (χ2v) is 7.73. The van der Waals surface area contributed by atoms with Crippen molar-refractivity contribution in [2.45, 2.75) is 12.6 Å². The molecule has 2 aromatic rings. The van der Waals surface area contributed by atoms with Crippen molar-refractivity contribution < 1.29 is 9.53 Å². The average Bonchev–Trinajstić information content (AvgIpc) is 2.96. The van der Waals surface area contributed by atoms with Gasteiger partial charge < -0.3 is 24.3 Å². The van der Waals surface area contributed by atoms with Crippen LogP contribution in [0.15, 0.2) is 42.7 Å². The smallest absolute Gasteiger partial charge is 0.320 e. The number of ether oxygens (including phenoxy) is 1. The first kappa shape index (κ1) is 18.2. The first-order valence-electron chi connectivity index (χ1n) is 10.3. The Labute approximate surface area is 170 Å². The number of fused-ring (bicyclic) bond motifs is 3. The third-order valence-corrected chi connectivity index (χ3v) is 5.96. The van der Waals surface area contributed by atoms with Gasteiger partial charge in [-0.15, -0.1) is 0 Å². The lowest BCUT2D eigenvalue weighted by atomic mass is 10.1. The Hall–Kier alpha value is -2.87. The van der Waals surface area contributed by atoms with E-state index in [1.54, 1.807) is 12.4 Å². The van der Waals surface area contributed by atoms with Gasteiger partial charge in [0.05, 0.1) is 19.3 Å². The van der Waals surface area contributed by atoms with E-state index in [0.717, 1.165) is 25.6 Å². The molecule has 5 rings (SSSR count). The second kappa shape index (κ2) is 7.87. The quantitative estimate of drug-likeness (QED) is 0.729. The molecule has 2 saturated heterocycles. The third-order valence-electron chi connectivity index (χ3n) is 5.96. The molecular formula is C21H26N6O2. The minimum Gasteiger partial charge on any atom is -0.378 e. The van der Waals surface area contributed by atoms with Gasteiger partial charge in [0.2, 0.25) is 5.95 Å². The van der Waals surface area contributed by atoms with Gasteiger partial charge in [-0.1, -0.05) is 18.2 Å². The number of amides is 2. The number of morpholine rings is 1. The number of benzene rings is 1. The van der Waals surface area contributed by atoms with E-state index in [-0.39, 0.29) is 12.1 Å². The van der Waals surface area contributed by atoms with E-state index in [0.29, 0.717) is 39.4 Å². The highest BCUT2D eigenvalue weighted by molar-refractivity contribution is 5.75. The summed E-state index contributed by atoms with van der Waals surface area (Å²) in [6, 6.07) is 10.6. The number of hydrogen-bond donors (Lipinski definition) is 0. The summed E-state index contributed by atoms with van der Waals surface area (Å²) in [5.74, 6) is 0.760. The van der Waals surface area contributed by atoms with Crippen LogP contribution in [0.4, 0.5) is 16.4 Å². The van der Waals surface area contributed by atoms with E-state index >= 15 is 0 Å². The molecule has 1 aromatic carbocycles. The number of nitrogens with zero attached hydrogens (tertiary/aromatic N) is 6. The summed E-state index contributed by atoms with van der Waals surface area (Å²) < 4.78 is 5.43. The van der Waals surface area contributed by atoms with Crippen LogP contribution in [0.5, 0.6) is 0 Å². The van der Waals surface area contributed by atoms with Crippen LogP contribution in [0.2, 0.25) is 0 Å². The maximum absolute atomic E-state index is 13.3. The van der Waals surface area contributed by atoms with Crippen LogP contribution in [0, 0.1) is 0 Å². The lowest BCUT2D eigenvalue weighted by molar-refractivity contribution is 0.0423. The lowest BCUT2D eigenvalue weighted by Crippen LogP contribution is -2.58. The van der Waals surface area contributed by atoms with Crippen molar-refractivity contribution in [1.29, 1.82) is 0 Å². The van der Waals surface area contributed by atoms with Gasteiger partial charge in [0.15, 0.2) is 0 Å². The van der Waals surface area contributed by atoms with Crippen LogP contribution < -0.4 is 9.80 Å². The van der Waals surface area contributed by atoms with E-state index in [9.17, 15) is 4.79 Å². The molecular weight excluding hydrogens is 368 g/mol. The fraction of sp³-hybridized carbons (Fsp3) is 0.476.